The van der Waals surface area contributed by atoms with Crippen molar-refractivity contribution in [1.29, 1.82) is 0 Å². The first kappa shape index (κ1) is 20.6. The van der Waals surface area contributed by atoms with Crippen LogP contribution in [-0.2, 0) is 6.42 Å². The highest BCUT2D eigenvalue weighted by atomic mass is 32.1. The molecule has 0 saturated carbocycles. The second kappa shape index (κ2) is 8.91. The van der Waals surface area contributed by atoms with E-state index in [0.29, 0.717) is 6.04 Å². The number of nitrogens with one attached hydrogen (secondary N) is 1. The molecule has 0 bridgehead atoms. The molecule has 5 heteroatoms. The van der Waals surface area contributed by atoms with Crippen LogP contribution in [0, 0.1) is 6.92 Å². The normalized spacial score (nSPS) is 12.3. The molecule has 0 spiro atoms. The molecule has 28 heavy (non-hydrogen) atoms. The van der Waals surface area contributed by atoms with Crippen molar-refractivity contribution in [2.45, 2.75) is 66.8 Å². The molecule has 0 aromatic carbocycles. The van der Waals surface area contributed by atoms with Crippen molar-refractivity contribution in [1.82, 2.24) is 14.5 Å². The minimum absolute atomic E-state index is 0.385. The van der Waals surface area contributed by atoms with Gasteiger partial charge in [-0.3, -0.25) is 0 Å². The van der Waals surface area contributed by atoms with Gasteiger partial charge in [-0.1, -0.05) is 31.9 Å². The minimum atomic E-state index is 0.385. The van der Waals surface area contributed by atoms with Gasteiger partial charge in [0, 0.05) is 29.9 Å². The Balaban J connectivity index is 2.17. The van der Waals surface area contributed by atoms with E-state index in [4.69, 9.17) is 4.98 Å². The summed E-state index contributed by atoms with van der Waals surface area (Å²) in [5, 5.41) is 6.69. The third-order valence-electron chi connectivity index (χ3n) is 5.15. The highest BCUT2D eigenvalue weighted by Crippen LogP contribution is 2.36. The average Bonchev–Trinajstić information content (AvgIpc) is 3.31. The molecule has 3 aromatic rings. The summed E-state index contributed by atoms with van der Waals surface area (Å²) in [6.07, 6.45) is 7.49. The molecule has 4 nitrogen and oxygen atoms in total. The van der Waals surface area contributed by atoms with E-state index < -0.39 is 0 Å². The van der Waals surface area contributed by atoms with Crippen LogP contribution in [0.4, 0.5) is 5.69 Å². The summed E-state index contributed by atoms with van der Waals surface area (Å²) in [5.41, 5.74) is 8.44. The molecule has 0 aliphatic heterocycles. The first-order valence-corrected chi connectivity index (χ1v) is 11.2. The van der Waals surface area contributed by atoms with Gasteiger partial charge in [0.15, 0.2) is 0 Å². The third kappa shape index (κ3) is 4.00. The van der Waals surface area contributed by atoms with Crippen LogP contribution in [0.15, 0.2) is 29.3 Å². The van der Waals surface area contributed by atoms with Gasteiger partial charge in [-0.05, 0) is 52.2 Å². The van der Waals surface area contributed by atoms with Crippen LogP contribution in [0.1, 0.15) is 64.8 Å². The Morgan fingerprint density at radius 3 is 2.71 bits per heavy atom. The zero-order chi connectivity index (χ0) is 20.3. The van der Waals surface area contributed by atoms with Crippen LogP contribution >= 0.6 is 11.3 Å². The zero-order valence-corrected chi connectivity index (χ0v) is 18.8. The van der Waals surface area contributed by atoms with Gasteiger partial charge in [0.25, 0.3) is 0 Å². The molecule has 3 heterocycles. The number of pyridine rings is 1. The van der Waals surface area contributed by atoms with Gasteiger partial charge < -0.3 is 9.88 Å². The second-order valence-electron chi connectivity index (χ2n) is 7.67. The van der Waals surface area contributed by atoms with Gasteiger partial charge in [-0.2, -0.15) is 0 Å². The summed E-state index contributed by atoms with van der Waals surface area (Å²) in [7, 11) is 0. The maximum absolute atomic E-state index is 5.04. The van der Waals surface area contributed by atoms with Crippen LogP contribution < -0.4 is 5.32 Å². The summed E-state index contributed by atoms with van der Waals surface area (Å²) in [6.45, 7) is 14.2. The number of nitrogens with zero attached hydrogens (tertiary/aromatic N) is 3. The third-order valence-corrected chi connectivity index (χ3v) is 5.95. The molecule has 0 aliphatic rings. The zero-order valence-electron chi connectivity index (χ0n) is 18.0. The van der Waals surface area contributed by atoms with E-state index in [1.165, 1.54) is 28.8 Å². The molecule has 0 atom stereocenters. The Hall–Kier alpha value is -2.14. The van der Waals surface area contributed by atoms with Crippen LogP contribution in [0.25, 0.3) is 21.7 Å². The summed E-state index contributed by atoms with van der Waals surface area (Å²) < 4.78 is 2.46. The molecule has 0 unspecified atom stereocenters. The van der Waals surface area contributed by atoms with Crippen molar-refractivity contribution in [3.63, 3.8) is 0 Å². The monoisotopic (exact) mass is 396 g/mol. The number of aromatic nitrogens is 3. The Morgan fingerprint density at radius 1 is 1.32 bits per heavy atom. The largest absolute Gasteiger partial charge is 0.379 e. The van der Waals surface area contributed by atoms with Crippen molar-refractivity contribution in [3.8, 4) is 10.7 Å². The molecule has 150 valence electrons. The van der Waals surface area contributed by atoms with Crippen LogP contribution in [0.5, 0.6) is 0 Å². The number of anilines is 1. The highest BCUT2D eigenvalue weighted by molar-refractivity contribution is 7.13. The number of aryl methyl sites for hydroxylation is 1. The fourth-order valence-corrected chi connectivity index (χ4v) is 4.39. The van der Waals surface area contributed by atoms with Crippen molar-refractivity contribution in [2.75, 3.05) is 11.9 Å². The highest BCUT2D eigenvalue weighted by Gasteiger charge is 2.21. The van der Waals surface area contributed by atoms with E-state index in [9.17, 15) is 0 Å². The van der Waals surface area contributed by atoms with Crippen LogP contribution in [0.3, 0.4) is 0 Å². The second-order valence-corrected chi connectivity index (χ2v) is 8.57. The van der Waals surface area contributed by atoms with Gasteiger partial charge in [0.2, 0.25) is 0 Å². The maximum atomic E-state index is 5.04. The summed E-state index contributed by atoms with van der Waals surface area (Å²) in [6, 6.07) is 2.56. The summed E-state index contributed by atoms with van der Waals surface area (Å²) in [5.74, 6) is 0. The Morgan fingerprint density at radius 2 is 2.11 bits per heavy atom. The molecule has 3 aromatic heterocycles. The van der Waals surface area contributed by atoms with Crippen molar-refractivity contribution < 1.29 is 0 Å². The lowest BCUT2D eigenvalue weighted by molar-refractivity contribution is 0.596. The molecular formula is C23H32N4S. The van der Waals surface area contributed by atoms with E-state index in [1.807, 2.05) is 11.6 Å². The summed E-state index contributed by atoms with van der Waals surface area (Å²) in [4.78, 5) is 9.53. The van der Waals surface area contributed by atoms with E-state index in [2.05, 4.69) is 68.6 Å². The predicted molar refractivity (Wildman–Crippen MR) is 122 cm³/mol. The Labute approximate surface area is 172 Å². The van der Waals surface area contributed by atoms with Gasteiger partial charge >= 0.3 is 0 Å². The fraction of sp³-hybridized carbons (Fsp3) is 0.478. The molecule has 0 amide bonds. The number of hydrogen-bond acceptors (Lipinski definition) is 4. The minimum Gasteiger partial charge on any atom is -0.379 e. The van der Waals surface area contributed by atoms with E-state index in [0.717, 1.165) is 41.3 Å². The average molecular weight is 397 g/mol. The van der Waals surface area contributed by atoms with Crippen LogP contribution in [0.2, 0.25) is 0 Å². The number of unbranched alkanes of at least 4 members (excludes halogenated alkanes) is 1. The summed E-state index contributed by atoms with van der Waals surface area (Å²) >= 11 is 1.64. The topological polar surface area (TPSA) is 42.7 Å². The molecule has 0 radical (unpaired) electrons. The van der Waals surface area contributed by atoms with Crippen LogP contribution in [-0.4, -0.2) is 21.1 Å². The van der Waals surface area contributed by atoms with Gasteiger partial charge in [0.1, 0.15) is 10.7 Å². The number of rotatable bonds is 8. The fourth-order valence-electron chi connectivity index (χ4n) is 3.79. The number of allylic oxidation sites excluding steroid dienone is 1. The first-order valence-electron chi connectivity index (χ1n) is 10.3. The number of fused-ring (bicyclic) bond motifs is 1. The van der Waals surface area contributed by atoms with Gasteiger partial charge in [0.05, 0.1) is 16.7 Å². The first-order chi connectivity index (χ1) is 13.5. The lowest BCUT2D eigenvalue weighted by Gasteiger charge is -2.17. The standard InChI is InChI=1S/C23H32N4S/c1-7-9-10-16(5)14-25-18-13-19(23-24-11-12-28-23)26-21-17(6)20(8-2)27(15(3)4)22(18)21/h10-13,15H,7-9,14H2,1-6H3,(H,25,26)/b16-10+. The molecular weight excluding hydrogens is 364 g/mol. The predicted octanol–water partition coefficient (Wildman–Crippen LogP) is 6.77. The van der Waals surface area contributed by atoms with E-state index in [1.54, 1.807) is 11.3 Å². The van der Waals surface area contributed by atoms with E-state index >= 15 is 0 Å². The quantitative estimate of drug-likeness (QED) is 0.427. The van der Waals surface area contributed by atoms with E-state index in [-0.39, 0.29) is 0 Å². The maximum Gasteiger partial charge on any atom is 0.141 e. The smallest absolute Gasteiger partial charge is 0.141 e. The van der Waals surface area contributed by atoms with Crippen molar-refractivity contribution >= 4 is 28.1 Å². The number of thiazole rings is 1. The SMILES string of the molecule is CCC/C=C(\C)CNc1cc(-c2nccs2)nc2c(C)c(CC)n(C(C)C)c12. The molecule has 3 rings (SSSR count). The Bertz CT molecular complexity index is 965. The van der Waals surface area contributed by atoms with Gasteiger partial charge in [-0.25, -0.2) is 9.97 Å². The lowest BCUT2D eigenvalue weighted by Crippen LogP contribution is -2.09. The Kier molecular flexibility index (Phi) is 6.55. The van der Waals surface area contributed by atoms with Gasteiger partial charge in [-0.15, -0.1) is 11.3 Å². The van der Waals surface area contributed by atoms with Crippen molar-refractivity contribution in [2.24, 2.45) is 0 Å². The molecule has 0 aliphatic carbocycles. The lowest BCUT2D eigenvalue weighted by atomic mass is 10.1. The number of hydrogen-bond donors (Lipinski definition) is 1. The van der Waals surface area contributed by atoms with Crippen molar-refractivity contribution in [3.05, 3.63) is 40.5 Å². The molecule has 1 N–H and O–H groups in total. The molecule has 0 saturated heterocycles. The molecule has 0 fully saturated rings.